The third-order valence-electron chi connectivity index (χ3n) is 1.99. The highest BCUT2D eigenvalue weighted by Gasteiger charge is 2.50. The number of carbonyl (C=O) groups is 1. The van der Waals surface area contributed by atoms with E-state index >= 15 is 0 Å². The summed E-state index contributed by atoms with van der Waals surface area (Å²) in [4.78, 5) is 12.1. The minimum Gasteiger partial charge on any atom is -0.380 e. The first-order valence-corrected chi connectivity index (χ1v) is 3.78. The molecule has 1 aliphatic rings. The quantitative estimate of drug-likeness (QED) is 0.659. The molecule has 0 aromatic carbocycles. The van der Waals surface area contributed by atoms with E-state index in [4.69, 9.17) is 5.11 Å². The third kappa shape index (κ3) is 1.41. The first-order valence-electron chi connectivity index (χ1n) is 3.78. The van der Waals surface area contributed by atoms with Crippen LogP contribution in [0.25, 0.3) is 0 Å². The summed E-state index contributed by atoms with van der Waals surface area (Å²) in [7, 11) is 0. The molecule has 1 amide bonds. The molecule has 1 fully saturated rings. The van der Waals surface area contributed by atoms with E-state index < -0.39 is 12.0 Å². The molecule has 12 heavy (non-hydrogen) atoms. The van der Waals surface area contributed by atoms with Crippen molar-refractivity contribution in [3.8, 4) is 0 Å². The van der Waals surface area contributed by atoms with Crippen LogP contribution in [-0.2, 0) is 4.79 Å². The highest BCUT2D eigenvalue weighted by atomic mass is 19.3. The fraction of sp³-hybridized carbons (Fsp3) is 0.857. The number of rotatable bonds is 2. The van der Waals surface area contributed by atoms with Crippen molar-refractivity contribution < 1.29 is 18.7 Å². The largest absolute Gasteiger partial charge is 0.380 e. The van der Waals surface area contributed by atoms with Gasteiger partial charge in [0, 0.05) is 6.42 Å². The van der Waals surface area contributed by atoms with Crippen molar-refractivity contribution in [1.29, 1.82) is 0 Å². The van der Waals surface area contributed by atoms with Crippen molar-refractivity contribution in [3.05, 3.63) is 0 Å². The molecule has 0 saturated carbocycles. The van der Waals surface area contributed by atoms with E-state index in [9.17, 15) is 13.6 Å². The second-order valence-electron chi connectivity index (χ2n) is 3.01. The van der Waals surface area contributed by atoms with Crippen LogP contribution in [0.3, 0.4) is 0 Å². The number of likely N-dealkylation sites (tertiary alicyclic amines) is 1. The Morgan fingerprint density at radius 2 is 2.17 bits per heavy atom. The van der Waals surface area contributed by atoms with Gasteiger partial charge in [0.15, 0.2) is 5.60 Å². The minimum atomic E-state index is -2.77. The average Bonchev–Trinajstić information content (AvgIpc) is 1.96. The first-order chi connectivity index (χ1) is 5.49. The Morgan fingerprint density at radius 3 is 2.50 bits per heavy atom. The van der Waals surface area contributed by atoms with Crippen molar-refractivity contribution in [2.24, 2.45) is 0 Å². The van der Waals surface area contributed by atoms with Gasteiger partial charge in [0.05, 0.1) is 13.1 Å². The van der Waals surface area contributed by atoms with E-state index in [0.29, 0.717) is 6.42 Å². The molecular weight excluding hydrogens is 168 g/mol. The van der Waals surface area contributed by atoms with Crippen LogP contribution in [0.4, 0.5) is 8.78 Å². The number of aliphatic hydroxyl groups is 1. The number of alkyl halides is 2. The molecule has 0 aromatic rings. The van der Waals surface area contributed by atoms with Gasteiger partial charge in [-0.1, -0.05) is 6.92 Å². The highest BCUT2D eigenvalue weighted by molar-refractivity contribution is 5.77. The Balaban J connectivity index is 2.41. The number of β-amino-alcohol motifs (C(OH)–C–C–N with tert-alkyl or cyclic N) is 1. The van der Waals surface area contributed by atoms with E-state index in [1.807, 2.05) is 0 Å². The Hall–Kier alpha value is -0.710. The molecule has 0 unspecified atom stereocenters. The molecule has 0 aliphatic carbocycles. The lowest BCUT2D eigenvalue weighted by atomic mass is 9.94. The summed E-state index contributed by atoms with van der Waals surface area (Å²) in [6, 6.07) is 0. The fourth-order valence-corrected chi connectivity index (χ4v) is 1.15. The summed E-state index contributed by atoms with van der Waals surface area (Å²) in [5.74, 6) is -0.194. The average molecular weight is 179 g/mol. The molecule has 70 valence electrons. The topological polar surface area (TPSA) is 40.5 Å². The Morgan fingerprint density at radius 1 is 1.67 bits per heavy atom. The van der Waals surface area contributed by atoms with Gasteiger partial charge in [-0.15, -0.1) is 0 Å². The van der Waals surface area contributed by atoms with Crippen molar-refractivity contribution in [3.63, 3.8) is 0 Å². The lowest BCUT2D eigenvalue weighted by Crippen LogP contribution is -2.66. The van der Waals surface area contributed by atoms with Crippen LogP contribution in [0.15, 0.2) is 0 Å². The van der Waals surface area contributed by atoms with Crippen molar-refractivity contribution >= 4 is 5.91 Å². The van der Waals surface area contributed by atoms with Gasteiger partial charge in [0.25, 0.3) is 6.43 Å². The van der Waals surface area contributed by atoms with E-state index in [1.54, 1.807) is 6.92 Å². The van der Waals surface area contributed by atoms with E-state index in [-0.39, 0.29) is 19.0 Å². The Labute approximate surface area is 69.0 Å². The van der Waals surface area contributed by atoms with Gasteiger partial charge in [0.1, 0.15) is 0 Å². The van der Waals surface area contributed by atoms with Gasteiger partial charge in [-0.05, 0) is 0 Å². The molecule has 0 radical (unpaired) electrons. The summed E-state index contributed by atoms with van der Waals surface area (Å²) >= 11 is 0. The molecule has 1 saturated heterocycles. The number of halogens is 2. The normalized spacial score (nSPS) is 20.9. The molecule has 1 aliphatic heterocycles. The van der Waals surface area contributed by atoms with Gasteiger partial charge in [-0.25, -0.2) is 8.78 Å². The summed E-state index contributed by atoms with van der Waals surface area (Å²) < 4.78 is 24.0. The smallest absolute Gasteiger partial charge is 0.270 e. The highest BCUT2D eigenvalue weighted by Crippen LogP contribution is 2.27. The van der Waals surface area contributed by atoms with Crippen molar-refractivity contribution in [1.82, 2.24) is 4.90 Å². The zero-order valence-electron chi connectivity index (χ0n) is 6.76. The standard InChI is InChI=1S/C7H11F2NO2/c1-2-5(11)10-3-7(12,4-10)6(8)9/h6,12H,2-4H2,1H3. The molecule has 1 heterocycles. The van der Waals surface area contributed by atoms with E-state index in [0.717, 1.165) is 0 Å². The summed E-state index contributed by atoms with van der Waals surface area (Å²) in [6.07, 6.45) is -2.47. The molecule has 0 bridgehead atoms. The maximum absolute atomic E-state index is 12.0. The van der Waals surface area contributed by atoms with Crippen LogP contribution in [-0.4, -0.2) is 41.0 Å². The van der Waals surface area contributed by atoms with Crippen LogP contribution in [0.5, 0.6) is 0 Å². The molecule has 3 nitrogen and oxygen atoms in total. The van der Waals surface area contributed by atoms with E-state index in [2.05, 4.69) is 0 Å². The third-order valence-corrected chi connectivity index (χ3v) is 1.99. The first kappa shape index (κ1) is 9.38. The minimum absolute atomic E-state index is 0.194. The fourth-order valence-electron chi connectivity index (χ4n) is 1.15. The summed E-state index contributed by atoms with van der Waals surface area (Å²) in [5, 5.41) is 9.06. The Kier molecular flexibility index (Phi) is 2.32. The summed E-state index contributed by atoms with van der Waals surface area (Å²) in [5.41, 5.74) is -1.95. The molecule has 0 aromatic heterocycles. The lowest BCUT2D eigenvalue weighted by Gasteiger charge is -2.45. The van der Waals surface area contributed by atoms with Gasteiger partial charge in [-0.2, -0.15) is 0 Å². The maximum Gasteiger partial charge on any atom is 0.270 e. The summed E-state index contributed by atoms with van der Waals surface area (Å²) in [6.45, 7) is 1.18. The predicted octanol–water partition coefficient (Wildman–Crippen LogP) is 0.235. The molecule has 5 heteroatoms. The van der Waals surface area contributed by atoms with Crippen LogP contribution in [0, 0.1) is 0 Å². The number of amides is 1. The number of nitrogens with zero attached hydrogens (tertiary/aromatic N) is 1. The molecule has 1 N–H and O–H groups in total. The molecule has 0 atom stereocenters. The van der Waals surface area contributed by atoms with Crippen molar-refractivity contribution in [2.75, 3.05) is 13.1 Å². The maximum atomic E-state index is 12.0. The molecule has 1 rings (SSSR count). The van der Waals surface area contributed by atoms with Crippen LogP contribution >= 0.6 is 0 Å². The van der Waals surface area contributed by atoms with Crippen molar-refractivity contribution in [2.45, 2.75) is 25.4 Å². The lowest BCUT2D eigenvalue weighted by molar-refractivity contribution is -0.188. The van der Waals surface area contributed by atoms with E-state index in [1.165, 1.54) is 4.90 Å². The number of hydrogen-bond donors (Lipinski definition) is 1. The molecular formula is C7H11F2NO2. The molecule has 0 spiro atoms. The zero-order chi connectivity index (χ0) is 9.35. The van der Waals surface area contributed by atoms with Crippen LogP contribution in [0.1, 0.15) is 13.3 Å². The van der Waals surface area contributed by atoms with Gasteiger partial charge >= 0.3 is 0 Å². The second-order valence-corrected chi connectivity index (χ2v) is 3.01. The zero-order valence-corrected chi connectivity index (χ0v) is 6.76. The SMILES string of the molecule is CCC(=O)N1CC(O)(C(F)F)C1. The van der Waals surface area contributed by atoms with Gasteiger partial charge in [0.2, 0.25) is 5.91 Å². The van der Waals surface area contributed by atoms with Crippen LogP contribution in [0.2, 0.25) is 0 Å². The predicted molar refractivity (Wildman–Crippen MR) is 37.8 cm³/mol. The Bertz CT molecular complexity index is 190. The monoisotopic (exact) mass is 179 g/mol. The second kappa shape index (κ2) is 2.97. The van der Waals surface area contributed by atoms with Gasteiger partial charge in [-0.3, -0.25) is 4.79 Å². The number of hydrogen-bond acceptors (Lipinski definition) is 2. The van der Waals surface area contributed by atoms with Crippen LogP contribution < -0.4 is 0 Å². The number of carbonyl (C=O) groups excluding carboxylic acids is 1. The van der Waals surface area contributed by atoms with Gasteiger partial charge < -0.3 is 10.0 Å².